The Hall–Kier alpha value is -2.38. The second kappa shape index (κ2) is 5.72. The molecule has 1 heterocycles. The first kappa shape index (κ1) is 15.7. The summed E-state index contributed by atoms with van der Waals surface area (Å²) in [6, 6.07) is 3.16. The van der Waals surface area contributed by atoms with E-state index in [0.717, 1.165) is 6.08 Å². The van der Waals surface area contributed by atoms with Crippen molar-refractivity contribution in [1.29, 1.82) is 0 Å². The summed E-state index contributed by atoms with van der Waals surface area (Å²) in [5.41, 5.74) is -2.85. The van der Waals surface area contributed by atoms with Gasteiger partial charge in [0.15, 0.2) is 0 Å². The second-order valence-corrected chi connectivity index (χ2v) is 4.04. The van der Waals surface area contributed by atoms with Gasteiger partial charge in [-0.1, -0.05) is 6.07 Å². The molecule has 0 bridgehead atoms. The third-order valence-corrected chi connectivity index (χ3v) is 2.48. The van der Waals surface area contributed by atoms with Crippen LogP contribution in [-0.4, -0.2) is 33.7 Å². The van der Waals surface area contributed by atoms with Crippen molar-refractivity contribution in [2.24, 2.45) is 0 Å². The van der Waals surface area contributed by atoms with Crippen LogP contribution in [0.2, 0.25) is 0 Å². The minimum absolute atomic E-state index is 0.380. The molecule has 0 radical (unpaired) electrons. The van der Waals surface area contributed by atoms with E-state index < -0.39 is 23.6 Å². The molecule has 8 heteroatoms. The maximum atomic E-state index is 12.6. The molecule has 1 atom stereocenters. The SMILES string of the molecule is CC(NC(=O)C=Cc1cccnc1)(C(=O)O)C(F)(F)F. The Morgan fingerprint density at radius 1 is 1.40 bits per heavy atom. The van der Waals surface area contributed by atoms with Gasteiger partial charge in [-0.3, -0.25) is 9.78 Å². The van der Waals surface area contributed by atoms with Crippen LogP contribution in [0.1, 0.15) is 12.5 Å². The molecular weight excluding hydrogens is 277 g/mol. The van der Waals surface area contributed by atoms with E-state index in [2.05, 4.69) is 4.98 Å². The summed E-state index contributed by atoms with van der Waals surface area (Å²) < 4.78 is 37.9. The Morgan fingerprint density at radius 2 is 2.05 bits per heavy atom. The summed E-state index contributed by atoms with van der Waals surface area (Å²) in [6.45, 7) is 0.380. The smallest absolute Gasteiger partial charge is 0.422 e. The maximum Gasteiger partial charge on any atom is 0.422 e. The van der Waals surface area contributed by atoms with E-state index in [1.165, 1.54) is 23.8 Å². The van der Waals surface area contributed by atoms with Gasteiger partial charge in [-0.05, 0) is 24.6 Å². The van der Waals surface area contributed by atoms with Crippen LogP contribution in [0.15, 0.2) is 30.6 Å². The second-order valence-electron chi connectivity index (χ2n) is 4.04. The van der Waals surface area contributed by atoms with E-state index >= 15 is 0 Å². The van der Waals surface area contributed by atoms with Crippen molar-refractivity contribution in [2.75, 3.05) is 0 Å². The van der Waals surface area contributed by atoms with E-state index in [1.54, 1.807) is 12.1 Å². The highest BCUT2D eigenvalue weighted by Crippen LogP contribution is 2.30. The standard InChI is InChI=1S/C12H11F3N2O3/c1-11(10(19)20,12(13,14)15)17-9(18)5-4-8-3-2-6-16-7-8/h2-7H,1H3,(H,17,18)(H,19,20). The van der Waals surface area contributed by atoms with E-state index in [1.807, 2.05) is 0 Å². The third kappa shape index (κ3) is 3.56. The summed E-state index contributed by atoms with van der Waals surface area (Å²) in [5.74, 6) is -3.36. The van der Waals surface area contributed by atoms with E-state index in [-0.39, 0.29) is 0 Å². The summed E-state index contributed by atoms with van der Waals surface area (Å²) in [5, 5.41) is 10.1. The summed E-state index contributed by atoms with van der Waals surface area (Å²) >= 11 is 0. The summed E-state index contributed by atoms with van der Waals surface area (Å²) in [4.78, 5) is 25.9. The van der Waals surface area contributed by atoms with Crippen molar-refractivity contribution in [3.05, 3.63) is 36.2 Å². The molecule has 0 aromatic carbocycles. The Morgan fingerprint density at radius 3 is 2.50 bits per heavy atom. The molecule has 0 saturated carbocycles. The van der Waals surface area contributed by atoms with Crippen LogP contribution in [0.5, 0.6) is 0 Å². The lowest BCUT2D eigenvalue weighted by atomic mass is 10.0. The molecule has 108 valence electrons. The van der Waals surface area contributed by atoms with Crippen LogP contribution < -0.4 is 5.32 Å². The molecule has 0 aliphatic heterocycles. The molecule has 0 spiro atoms. The number of carbonyl (C=O) groups is 2. The zero-order valence-corrected chi connectivity index (χ0v) is 10.3. The van der Waals surface area contributed by atoms with Crippen molar-refractivity contribution in [2.45, 2.75) is 18.6 Å². The van der Waals surface area contributed by atoms with Crippen LogP contribution in [-0.2, 0) is 9.59 Å². The normalized spacial score (nSPS) is 14.8. The molecule has 0 aliphatic carbocycles. The molecule has 1 aromatic rings. The lowest BCUT2D eigenvalue weighted by molar-refractivity contribution is -0.206. The van der Waals surface area contributed by atoms with Crippen LogP contribution in [0.4, 0.5) is 13.2 Å². The topological polar surface area (TPSA) is 79.3 Å². The average Bonchev–Trinajstić information content (AvgIpc) is 2.36. The first-order valence-electron chi connectivity index (χ1n) is 5.37. The monoisotopic (exact) mass is 288 g/mol. The number of carboxylic acids is 1. The minimum Gasteiger partial charge on any atom is -0.479 e. The van der Waals surface area contributed by atoms with Gasteiger partial charge in [-0.15, -0.1) is 0 Å². The van der Waals surface area contributed by atoms with Gasteiger partial charge >= 0.3 is 12.1 Å². The lowest BCUT2D eigenvalue weighted by Gasteiger charge is -2.27. The molecule has 1 aromatic heterocycles. The number of nitrogens with one attached hydrogen (secondary N) is 1. The number of halogens is 3. The summed E-state index contributed by atoms with van der Waals surface area (Å²) in [6.07, 6.45) is -0.200. The van der Waals surface area contributed by atoms with Crippen LogP contribution in [0.25, 0.3) is 6.08 Å². The first-order valence-corrected chi connectivity index (χ1v) is 5.37. The van der Waals surface area contributed by atoms with Gasteiger partial charge < -0.3 is 10.4 Å². The van der Waals surface area contributed by atoms with Gasteiger partial charge in [0.1, 0.15) is 0 Å². The van der Waals surface area contributed by atoms with E-state index in [4.69, 9.17) is 5.11 Å². The molecule has 1 amide bonds. The number of alkyl halides is 3. The Kier molecular flexibility index (Phi) is 4.49. The molecule has 0 fully saturated rings. The number of carboxylic acid groups (broad SMARTS) is 1. The average molecular weight is 288 g/mol. The van der Waals surface area contributed by atoms with Gasteiger partial charge in [0, 0.05) is 18.5 Å². The molecule has 20 heavy (non-hydrogen) atoms. The number of hydrogen-bond acceptors (Lipinski definition) is 3. The number of rotatable bonds is 4. The summed E-state index contributed by atoms with van der Waals surface area (Å²) in [7, 11) is 0. The van der Waals surface area contributed by atoms with Gasteiger partial charge in [0.05, 0.1) is 0 Å². The fourth-order valence-electron chi connectivity index (χ4n) is 1.18. The Bertz CT molecular complexity index is 528. The van der Waals surface area contributed by atoms with Crippen LogP contribution >= 0.6 is 0 Å². The van der Waals surface area contributed by atoms with Crippen molar-refractivity contribution >= 4 is 18.0 Å². The first-order chi connectivity index (χ1) is 9.17. The minimum atomic E-state index is -5.11. The molecule has 5 nitrogen and oxygen atoms in total. The van der Waals surface area contributed by atoms with Crippen molar-refractivity contribution < 1.29 is 27.9 Å². The van der Waals surface area contributed by atoms with Gasteiger partial charge in [-0.2, -0.15) is 13.2 Å². The number of hydrogen-bond donors (Lipinski definition) is 2. The van der Waals surface area contributed by atoms with Gasteiger partial charge in [0.25, 0.3) is 0 Å². The predicted molar refractivity (Wildman–Crippen MR) is 63.5 cm³/mol. The Labute approximate surface area is 112 Å². The molecular formula is C12H11F3N2O3. The number of aliphatic carboxylic acids is 1. The quantitative estimate of drug-likeness (QED) is 0.825. The van der Waals surface area contributed by atoms with Crippen molar-refractivity contribution in [3.63, 3.8) is 0 Å². The van der Waals surface area contributed by atoms with Crippen molar-refractivity contribution in [3.8, 4) is 0 Å². The molecule has 1 rings (SSSR count). The number of aromatic nitrogens is 1. The highest BCUT2D eigenvalue weighted by Gasteiger charge is 2.58. The van der Waals surface area contributed by atoms with Crippen LogP contribution in [0.3, 0.4) is 0 Å². The fraction of sp³-hybridized carbons (Fsp3) is 0.250. The third-order valence-electron chi connectivity index (χ3n) is 2.48. The number of pyridine rings is 1. The zero-order valence-electron chi connectivity index (χ0n) is 10.3. The molecule has 2 N–H and O–H groups in total. The number of nitrogens with zero attached hydrogens (tertiary/aromatic N) is 1. The highest BCUT2D eigenvalue weighted by atomic mass is 19.4. The molecule has 0 saturated heterocycles. The largest absolute Gasteiger partial charge is 0.479 e. The maximum absolute atomic E-state index is 12.6. The van der Waals surface area contributed by atoms with E-state index in [9.17, 15) is 22.8 Å². The molecule has 0 aliphatic rings. The molecule has 1 unspecified atom stereocenters. The number of carbonyl (C=O) groups excluding carboxylic acids is 1. The Balaban J connectivity index is 2.84. The fourth-order valence-corrected chi connectivity index (χ4v) is 1.18. The predicted octanol–water partition coefficient (Wildman–Crippen LogP) is 1.62. The highest BCUT2D eigenvalue weighted by molar-refractivity contribution is 5.96. The van der Waals surface area contributed by atoms with Gasteiger partial charge in [0.2, 0.25) is 11.4 Å². The van der Waals surface area contributed by atoms with E-state index in [0.29, 0.717) is 12.5 Å². The number of amides is 1. The zero-order chi connectivity index (χ0) is 15.4. The van der Waals surface area contributed by atoms with Gasteiger partial charge in [-0.25, -0.2) is 4.79 Å². The van der Waals surface area contributed by atoms with Crippen LogP contribution in [0, 0.1) is 0 Å². The lowest BCUT2D eigenvalue weighted by Crippen LogP contribution is -2.61. The van der Waals surface area contributed by atoms with Crippen molar-refractivity contribution in [1.82, 2.24) is 10.3 Å².